The summed E-state index contributed by atoms with van der Waals surface area (Å²) in [6, 6.07) is 8.69. The number of nitrogens with zero attached hydrogens (tertiary/aromatic N) is 1. The van der Waals surface area contributed by atoms with Crippen LogP contribution in [0.1, 0.15) is 57.2 Å². The molecule has 1 aromatic heterocycles. The fourth-order valence-corrected chi connectivity index (χ4v) is 5.55. The van der Waals surface area contributed by atoms with Crippen molar-refractivity contribution in [2.45, 2.75) is 52.4 Å². The highest BCUT2D eigenvalue weighted by Crippen LogP contribution is 2.46. The van der Waals surface area contributed by atoms with Crippen LogP contribution in [-0.2, 0) is 16.0 Å². The highest BCUT2D eigenvalue weighted by atomic mass is 16.5. The Morgan fingerprint density at radius 1 is 1.31 bits per heavy atom. The van der Waals surface area contributed by atoms with E-state index in [9.17, 15) is 4.79 Å². The number of para-hydroxylation sites is 1. The summed E-state index contributed by atoms with van der Waals surface area (Å²) in [6.45, 7) is 6.91. The van der Waals surface area contributed by atoms with Gasteiger partial charge in [-0.1, -0.05) is 32.0 Å². The van der Waals surface area contributed by atoms with Crippen LogP contribution in [0.15, 0.2) is 24.3 Å². The molecule has 2 unspecified atom stereocenters. The molecule has 0 saturated carbocycles. The van der Waals surface area contributed by atoms with Crippen molar-refractivity contribution in [3.05, 3.63) is 35.5 Å². The van der Waals surface area contributed by atoms with E-state index in [2.05, 4.69) is 47.7 Å². The number of hydrogen-bond donors (Lipinski definition) is 1. The van der Waals surface area contributed by atoms with Crippen molar-refractivity contribution < 1.29 is 19.2 Å². The van der Waals surface area contributed by atoms with Crippen molar-refractivity contribution in [3.8, 4) is 0 Å². The van der Waals surface area contributed by atoms with Gasteiger partial charge in [0.25, 0.3) is 0 Å². The predicted octanol–water partition coefficient (Wildman–Crippen LogP) is 3.28. The van der Waals surface area contributed by atoms with Gasteiger partial charge in [0, 0.05) is 30.2 Å². The molecule has 5 heteroatoms. The lowest BCUT2D eigenvalue weighted by molar-refractivity contribution is -0.539. The molecular weight excluding hydrogens is 364 g/mol. The van der Waals surface area contributed by atoms with E-state index in [-0.39, 0.29) is 11.4 Å². The molecule has 158 valence electrons. The zero-order valence-electron chi connectivity index (χ0n) is 18.2. The van der Waals surface area contributed by atoms with Gasteiger partial charge in [-0.15, -0.1) is 0 Å². The molecule has 0 spiro atoms. The standard InChI is InChI=1S/C23H30N2O2.CH3O/c1-4-23(16(2)10-11-20(26)27-3)13-7-14-25-15-12-18-17-8-5-6-9-19(17)24-21(18)22(23)25;1-2/h5-6,8-9,16H,4,7,10-15H2,1-3H3;1H3/q;-1/p+1. The Bertz CT molecular complexity index is 899. The van der Waals surface area contributed by atoms with E-state index in [1.54, 1.807) is 0 Å². The van der Waals surface area contributed by atoms with Gasteiger partial charge >= 0.3 is 5.97 Å². The first-order valence-electron chi connectivity index (χ1n) is 10.8. The van der Waals surface area contributed by atoms with Crippen LogP contribution in [-0.4, -0.2) is 48.5 Å². The number of methoxy groups -OCH3 is 1. The predicted molar refractivity (Wildman–Crippen MR) is 114 cm³/mol. The summed E-state index contributed by atoms with van der Waals surface area (Å²) in [4.78, 5) is 15.5. The first-order valence-corrected chi connectivity index (χ1v) is 10.8. The number of H-pyrrole nitrogens is 1. The van der Waals surface area contributed by atoms with Crippen LogP contribution in [0.3, 0.4) is 0 Å². The van der Waals surface area contributed by atoms with E-state index >= 15 is 0 Å². The number of carbonyl (C=O) groups excluding carboxylic acids is 1. The van der Waals surface area contributed by atoms with E-state index in [0.717, 1.165) is 39.5 Å². The fourth-order valence-electron chi connectivity index (χ4n) is 5.55. The minimum atomic E-state index is -0.0966. The Kier molecular flexibility index (Phi) is 6.78. The van der Waals surface area contributed by atoms with E-state index in [0.29, 0.717) is 12.3 Å². The number of rotatable bonds is 5. The molecule has 0 amide bonds. The molecule has 2 atom stereocenters. The van der Waals surface area contributed by atoms with Gasteiger partial charge in [-0.25, -0.2) is 4.58 Å². The maximum absolute atomic E-state index is 11.7. The molecule has 2 aliphatic rings. The second-order valence-corrected chi connectivity index (χ2v) is 8.24. The van der Waals surface area contributed by atoms with Gasteiger partial charge in [-0.3, -0.25) is 4.79 Å². The SMILES string of the molecule is CCC1(C(C)CCC(=O)OC)CCC[N+]2=C1c1[nH]c3ccccc3c1CC2.C[O-]. The van der Waals surface area contributed by atoms with Crippen LogP contribution in [0.2, 0.25) is 0 Å². The Labute approximate surface area is 173 Å². The van der Waals surface area contributed by atoms with Crippen molar-refractivity contribution in [1.29, 1.82) is 0 Å². The maximum atomic E-state index is 11.7. The minimum Gasteiger partial charge on any atom is -0.857 e. The van der Waals surface area contributed by atoms with E-state index in [1.807, 2.05) is 0 Å². The molecule has 0 aliphatic carbocycles. The molecule has 1 N–H and O–H groups in total. The Morgan fingerprint density at radius 3 is 2.79 bits per heavy atom. The molecule has 1 aromatic carbocycles. The van der Waals surface area contributed by atoms with Crippen molar-refractivity contribution in [3.63, 3.8) is 0 Å². The van der Waals surface area contributed by atoms with Gasteiger partial charge in [0.15, 0.2) is 0 Å². The molecule has 0 saturated heterocycles. The first kappa shape index (κ1) is 21.6. The number of benzene rings is 1. The number of esters is 1. The van der Waals surface area contributed by atoms with Crippen LogP contribution in [0.25, 0.3) is 10.9 Å². The number of aromatic amines is 1. The number of nitrogens with one attached hydrogen (secondary N) is 1. The lowest BCUT2D eigenvalue weighted by atomic mass is 9.63. The largest absolute Gasteiger partial charge is 0.857 e. The molecule has 2 aromatic rings. The van der Waals surface area contributed by atoms with Crippen LogP contribution < -0.4 is 5.11 Å². The average Bonchev–Trinajstić information content (AvgIpc) is 3.16. The molecule has 29 heavy (non-hydrogen) atoms. The maximum Gasteiger partial charge on any atom is 0.305 e. The summed E-state index contributed by atoms with van der Waals surface area (Å²) in [6.07, 6.45) is 6.04. The average molecular weight is 399 g/mol. The normalized spacial score (nSPS) is 21.7. The van der Waals surface area contributed by atoms with Gasteiger partial charge < -0.3 is 14.8 Å². The van der Waals surface area contributed by atoms with Gasteiger partial charge in [0.1, 0.15) is 18.8 Å². The number of ether oxygens (including phenoxy) is 1. The van der Waals surface area contributed by atoms with Gasteiger partial charge in [0.2, 0.25) is 5.71 Å². The smallest absolute Gasteiger partial charge is 0.305 e. The Hall–Kier alpha value is -2.14. The summed E-state index contributed by atoms with van der Waals surface area (Å²) >= 11 is 0. The second kappa shape index (κ2) is 9.12. The molecular formula is C24H34N2O3. The monoisotopic (exact) mass is 398 g/mol. The fraction of sp³-hybridized carbons (Fsp3) is 0.583. The molecule has 4 rings (SSSR count). The summed E-state index contributed by atoms with van der Waals surface area (Å²) in [5, 5.41) is 9.62. The Balaban J connectivity index is 0.00000117. The van der Waals surface area contributed by atoms with Crippen LogP contribution in [0.5, 0.6) is 0 Å². The summed E-state index contributed by atoms with van der Waals surface area (Å²) < 4.78 is 7.52. The van der Waals surface area contributed by atoms with E-state index < -0.39 is 0 Å². The van der Waals surface area contributed by atoms with E-state index in [1.165, 1.54) is 47.8 Å². The summed E-state index contributed by atoms with van der Waals surface area (Å²) in [7, 11) is 2.23. The number of fused-ring (bicyclic) bond motifs is 4. The molecule has 0 bridgehead atoms. The van der Waals surface area contributed by atoms with Crippen LogP contribution in [0, 0.1) is 11.3 Å². The third-order valence-electron chi connectivity index (χ3n) is 7.10. The lowest BCUT2D eigenvalue weighted by Gasteiger charge is -2.41. The highest BCUT2D eigenvalue weighted by Gasteiger charge is 2.50. The van der Waals surface area contributed by atoms with Crippen molar-refractivity contribution >= 4 is 22.6 Å². The summed E-state index contributed by atoms with van der Waals surface area (Å²) in [5.41, 5.74) is 5.72. The van der Waals surface area contributed by atoms with Crippen molar-refractivity contribution in [1.82, 2.24) is 4.98 Å². The molecule has 5 nitrogen and oxygen atoms in total. The quantitative estimate of drug-likeness (QED) is 0.621. The van der Waals surface area contributed by atoms with Crippen LogP contribution in [0.4, 0.5) is 0 Å². The lowest BCUT2D eigenvalue weighted by Crippen LogP contribution is -2.49. The van der Waals surface area contributed by atoms with Crippen molar-refractivity contribution in [2.75, 3.05) is 27.3 Å². The topological polar surface area (TPSA) is 68.2 Å². The minimum absolute atomic E-state index is 0.0966. The third-order valence-corrected chi connectivity index (χ3v) is 7.10. The first-order chi connectivity index (χ1) is 14.1. The van der Waals surface area contributed by atoms with Gasteiger partial charge in [0.05, 0.1) is 12.5 Å². The number of aromatic nitrogens is 1. The molecule has 0 fully saturated rings. The van der Waals surface area contributed by atoms with Gasteiger partial charge in [-0.05, 0) is 36.8 Å². The number of hydrogen-bond acceptors (Lipinski definition) is 3. The Morgan fingerprint density at radius 2 is 2.07 bits per heavy atom. The van der Waals surface area contributed by atoms with Gasteiger partial charge in [-0.2, -0.15) is 7.11 Å². The summed E-state index contributed by atoms with van der Waals surface area (Å²) in [5.74, 6) is 0.345. The van der Waals surface area contributed by atoms with E-state index in [4.69, 9.17) is 9.84 Å². The second-order valence-electron chi connectivity index (χ2n) is 8.24. The third kappa shape index (κ3) is 3.73. The van der Waals surface area contributed by atoms with Crippen molar-refractivity contribution in [2.24, 2.45) is 11.3 Å². The number of carbonyl (C=O) groups is 1. The molecule has 3 heterocycles. The zero-order chi connectivity index (χ0) is 21.0. The zero-order valence-corrected chi connectivity index (χ0v) is 18.2. The highest BCUT2D eigenvalue weighted by molar-refractivity contribution is 6.06. The molecule has 0 radical (unpaired) electrons. The van der Waals surface area contributed by atoms with Crippen LogP contribution >= 0.6 is 0 Å². The molecule has 2 aliphatic heterocycles.